The molecule has 1 unspecified atom stereocenters. The number of allylic oxidation sites excluding steroid dienone is 1. The van der Waals surface area contributed by atoms with E-state index in [-0.39, 0.29) is 36.2 Å². The fourth-order valence-electron chi connectivity index (χ4n) is 6.47. The molecule has 1 aromatic carbocycles. The number of aliphatic hydroxyl groups excluding tert-OH is 1. The van der Waals surface area contributed by atoms with E-state index < -0.39 is 17.6 Å². The summed E-state index contributed by atoms with van der Waals surface area (Å²) >= 11 is 0. The fourth-order valence-corrected chi connectivity index (χ4v) is 6.47. The third-order valence-corrected chi connectivity index (χ3v) is 9.25. The minimum Gasteiger partial charge on any atom is -0.462 e. The first kappa shape index (κ1) is 37.5. The summed E-state index contributed by atoms with van der Waals surface area (Å²) in [4.78, 5) is 21.2. The molecule has 2 saturated carbocycles. The summed E-state index contributed by atoms with van der Waals surface area (Å²) < 4.78 is 40.9. The highest BCUT2D eigenvalue weighted by Crippen LogP contribution is 2.45. The van der Waals surface area contributed by atoms with Crippen molar-refractivity contribution in [3.63, 3.8) is 0 Å². The summed E-state index contributed by atoms with van der Waals surface area (Å²) in [6.45, 7) is 10.9. The molecule has 7 heteroatoms. The molecule has 5 nitrogen and oxygen atoms in total. The Bertz CT molecular complexity index is 1060. The first-order chi connectivity index (χ1) is 21.1. The number of aliphatic hydroxyl groups is 1. The summed E-state index contributed by atoms with van der Waals surface area (Å²) in [6, 6.07) is 6.74. The summed E-state index contributed by atoms with van der Waals surface area (Å²) in [5.74, 6) is 0.0428. The van der Waals surface area contributed by atoms with Crippen molar-refractivity contribution in [3.8, 4) is 0 Å². The van der Waals surface area contributed by atoms with Crippen molar-refractivity contribution in [2.24, 2.45) is 23.7 Å². The van der Waals surface area contributed by atoms with E-state index in [0.717, 1.165) is 43.1 Å². The van der Waals surface area contributed by atoms with Crippen LogP contribution in [0.2, 0.25) is 0 Å². The highest BCUT2D eigenvalue weighted by atomic mass is 19.2. The number of benzene rings is 1. The van der Waals surface area contributed by atoms with Gasteiger partial charge in [0, 0.05) is 35.7 Å². The first-order valence-corrected chi connectivity index (χ1v) is 16.4. The zero-order chi connectivity index (χ0) is 32.5. The Balaban J connectivity index is 0.00000102. The van der Waals surface area contributed by atoms with Gasteiger partial charge in [0.25, 0.3) is 0 Å². The van der Waals surface area contributed by atoms with Gasteiger partial charge in [-0.1, -0.05) is 82.9 Å². The SMILES string of the molecule is C=C(C)C(=O)OCC(COC)c1ccc(/C(F)=C(\F)C2CCC(C3CCC(CCCCC)CC3)CC2)cc1.C=C(C=O)CO. The molecule has 44 heavy (non-hydrogen) atoms. The third-order valence-electron chi connectivity index (χ3n) is 9.25. The first-order valence-electron chi connectivity index (χ1n) is 16.4. The van der Waals surface area contributed by atoms with Gasteiger partial charge in [0.15, 0.2) is 5.83 Å². The second-order valence-electron chi connectivity index (χ2n) is 12.6. The number of esters is 1. The lowest BCUT2D eigenvalue weighted by Crippen LogP contribution is -2.26. The van der Waals surface area contributed by atoms with E-state index in [1.807, 2.05) is 0 Å². The molecule has 0 spiro atoms. The molecule has 2 aliphatic rings. The van der Waals surface area contributed by atoms with Crippen molar-refractivity contribution in [1.82, 2.24) is 0 Å². The molecule has 0 saturated heterocycles. The maximum absolute atomic E-state index is 15.2. The topological polar surface area (TPSA) is 72.8 Å². The van der Waals surface area contributed by atoms with Crippen LogP contribution in [0.15, 0.2) is 54.4 Å². The summed E-state index contributed by atoms with van der Waals surface area (Å²) in [5.41, 5.74) is 1.65. The lowest BCUT2D eigenvalue weighted by Gasteiger charge is -2.37. The van der Waals surface area contributed by atoms with E-state index in [2.05, 4.69) is 20.1 Å². The largest absolute Gasteiger partial charge is 0.462 e. The smallest absolute Gasteiger partial charge is 0.333 e. The van der Waals surface area contributed by atoms with Crippen molar-refractivity contribution >= 4 is 18.1 Å². The highest BCUT2D eigenvalue weighted by Gasteiger charge is 2.33. The molecule has 3 rings (SSSR count). The van der Waals surface area contributed by atoms with Crippen LogP contribution in [0.25, 0.3) is 5.83 Å². The summed E-state index contributed by atoms with van der Waals surface area (Å²) in [7, 11) is 1.58. The van der Waals surface area contributed by atoms with Crippen molar-refractivity contribution < 1.29 is 33.0 Å². The normalized spacial score (nSPS) is 23.0. The highest BCUT2D eigenvalue weighted by molar-refractivity contribution is 5.86. The molecular formula is C37H54F2O5. The second-order valence-corrected chi connectivity index (χ2v) is 12.6. The van der Waals surface area contributed by atoms with Gasteiger partial charge in [-0.05, 0) is 68.8 Å². The number of rotatable bonds is 15. The van der Waals surface area contributed by atoms with E-state index >= 15 is 8.78 Å². The van der Waals surface area contributed by atoms with Gasteiger partial charge >= 0.3 is 5.97 Å². The van der Waals surface area contributed by atoms with Crippen LogP contribution < -0.4 is 0 Å². The summed E-state index contributed by atoms with van der Waals surface area (Å²) in [6.07, 6.45) is 14.8. The predicted octanol–water partition coefficient (Wildman–Crippen LogP) is 9.07. The second kappa shape index (κ2) is 20.4. The van der Waals surface area contributed by atoms with Crippen LogP contribution in [0.5, 0.6) is 0 Å². The van der Waals surface area contributed by atoms with Crippen molar-refractivity contribution in [2.75, 3.05) is 26.9 Å². The molecular weight excluding hydrogens is 562 g/mol. The molecule has 1 aromatic rings. The van der Waals surface area contributed by atoms with Gasteiger partial charge in [-0.3, -0.25) is 4.79 Å². The monoisotopic (exact) mass is 616 g/mol. The molecule has 2 fully saturated rings. The quantitative estimate of drug-likeness (QED) is 0.0921. The van der Waals surface area contributed by atoms with Gasteiger partial charge in [-0.2, -0.15) is 0 Å². The summed E-state index contributed by atoms with van der Waals surface area (Å²) in [5, 5.41) is 8.00. The standard InChI is InChI=1S/C33H48F2O3.C4H6O2/c1-5-6-7-8-24-9-11-25(12-10-24)26-13-17-28(18-14-26)31(34)32(35)29-19-15-27(16-20-29)30(21-37-4)22-38-33(36)23(2)3;1-4(2-5)3-6/h15-16,19-20,24-26,28,30H,2,5-14,17-18,21-22H2,1,3-4H3;2,6H,1,3H2/b32-31+;. The minimum atomic E-state index is -0.746. The predicted molar refractivity (Wildman–Crippen MR) is 173 cm³/mol. The fraction of sp³-hybridized carbons (Fsp3) is 0.622. The zero-order valence-corrected chi connectivity index (χ0v) is 27.1. The lowest BCUT2D eigenvalue weighted by atomic mass is 9.68. The van der Waals surface area contributed by atoms with E-state index in [0.29, 0.717) is 24.4 Å². The molecule has 0 amide bonds. The zero-order valence-electron chi connectivity index (χ0n) is 27.1. The van der Waals surface area contributed by atoms with Crippen molar-refractivity contribution in [1.29, 1.82) is 0 Å². The number of methoxy groups -OCH3 is 1. The van der Waals surface area contributed by atoms with Gasteiger partial charge in [0.1, 0.15) is 18.7 Å². The third kappa shape index (κ3) is 12.4. The number of aldehydes is 1. The molecule has 2 aliphatic carbocycles. The average Bonchev–Trinajstić information content (AvgIpc) is 3.06. The Kier molecular flexibility index (Phi) is 17.4. The van der Waals surface area contributed by atoms with Gasteiger partial charge in [0.2, 0.25) is 0 Å². The molecule has 1 atom stereocenters. The number of halogens is 2. The Hall–Kier alpha value is -2.64. The van der Waals surface area contributed by atoms with Gasteiger partial charge in [0.05, 0.1) is 13.2 Å². The minimum absolute atomic E-state index is 0.134. The molecule has 0 radical (unpaired) electrons. The Morgan fingerprint density at radius 2 is 1.57 bits per heavy atom. The van der Waals surface area contributed by atoms with Gasteiger partial charge in [-0.25, -0.2) is 13.6 Å². The van der Waals surface area contributed by atoms with E-state index in [1.54, 1.807) is 38.3 Å². The maximum Gasteiger partial charge on any atom is 0.333 e. The number of ether oxygens (including phenoxy) is 2. The number of carbonyl (C=O) groups excluding carboxylic acids is 2. The lowest BCUT2D eigenvalue weighted by molar-refractivity contribution is -0.139. The van der Waals surface area contributed by atoms with E-state index in [9.17, 15) is 9.59 Å². The Morgan fingerprint density at radius 1 is 0.977 bits per heavy atom. The molecule has 246 valence electrons. The number of hydrogen-bond donors (Lipinski definition) is 1. The van der Waals surface area contributed by atoms with Crippen LogP contribution in [0, 0.1) is 23.7 Å². The van der Waals surface area contributed by atoms with Gasteiger partial charge < -0.3 is 14.6 Å². The maximum atomic E-state index is 15.2. The molecule has 1 N–H and O–H groups in total. The van der Waals surface area contributed by atoms with Crippen LogP contribution >= 0.6 is 0 Å². The number of carbonyl (C=O) groups is 2. The van der Waals surface area contributed by atoms with Crippen molar-refractivity contribution in [3.05, 3.63) is 65.5 Å². The van der Waals surface area contributed by atoms with Crippen LogP contribution in [0.4, 0.5) is 8.78 Å². The van der Waals surface area contributed by atoms with E-state index in [4.69, 9.17) is 14.6 Å². The van der Waals surface area contributed by atoms with Crippen molar-refractivity contribution in [2.45, 2.75) is 96.8 Å². The Labute approximate surface area is 263 Å². The molecule has 0 bridgehead atoms. The van der Waals surface area contributed by atoms with E-state index in [1.165, 1.54) is 51.4 Å². The number of hydrogen-bond acceptors (Lipinski definition) is 5. The van der Waals surface area contributed by atoms with Crippen LogP contribution in [0.3, 0.4) is 0 Å². The van der Waals surface area contributed by atoms with Crippen LogP contribution in [0.1, 0.15) is 108 Å². The Morgan fingerprint density at radius 3 is 2.05 bits per heavy atom. The average molecular weight is 617 g/mol. The van der Waals surface area contributed by atoms with Crippen LogP contribution in [-0.4, -0.2) is 44.3 Å². The number of unbranched alkanes of at least 4 members (excludes halogenated alkanes) is 2. The van der Waals surface area contributed by atoms with Gasteiger partial charge in [-0.15, -0.1) is 0 Å². The molecule has 0 aromatic heterocycles. The molecule has 0 aliphatic heterocycles. The van der Waals surface area contributed by atoms with Crippen LogP contribution in [-0.2, 0) is 19.1 Å². The molecule has 0 heterocycles.